The fourth-order valence-corrected chi connectivity index (χ4v) is 4.00. The molecular weight excluding hydrogens is 364 g/mol. The molecule has 0 amide bonds. The molecule has 2 N–H and O–H groups in total. The number of likely N-dealkylation sites (N-methyl/N-ethyl adjacent to an activating group) is 1. The summed E-state index contributed by atoms with van der Waals surface area (Å²) in [6.45, 7) is 4.43. The van der Waals surface area contributed by atoms with E-state index in [1.165, 1.54) is 5.69 Å². The van der Waals surface area contributed by atoms with E-state index in [-0.39, 0.29) is 0 Å². The van der Waals surface area contributed by atoms with Crippen LogP contribution in [-0.2, 0) is 0 Å². The molecule has 0 spiro atoms. The van der Waals surface area contributed by atoms with Crippen LogP contribution in [0.25, 0.3) is 11.3 Å². The van der Waals surface area contributed by atoms with E-state index in [1.807, 2.05) is 24.3 Å². The van der Waals surface area contributed by atoms with Crippen molar-refractivity contribution < 1.29 is 5.32 Å². The van der Waals surface area contributed by atoms with Crippen LogP contribution in [-0.4, -0.2) is 43.1 Å². The zero-order valence-electron chi connectivity index (χ0n) is 14.7. The molecule has 4 rings (SSSR count). The Morgan fingerprint density at radius 3 is 2.35 bits per heavy atom. The van der Waals surface area contributed by atoms with Crippen molar-refractivity contribution in [1.29, 1.82) is 0 Å². The maximum Gasteiger partial charge on any atom is 0.288 e. The maximum absolute atomic E-state index is 5.94. The van der Waals surface area contributed by atoms with Crippen molar-refractivity contribution in [2.45, 2.75) is 0 Å². The van der Waals surface area contributed by atoms with Crippen LogP contribution in [0.1, 0.15) is 0 Å². The lowest BCUT2D eigenvalue weighted by Crippen LogP contribution is -2.70. The molecule has 0 radical (unpaired) electrons. The third kappa shape index (κ3) is 4.07. The molecule has 1 aliphatic rings. The number of rotatable bonds is 4. The van der Waals surface area contributed by atoms with Crippen molar-refractivity contribution in [3.05, 3.63) is 58.9 Å². The normalized spacial score (nSPS) is 15.4. The van der Waals surface area contributed by atoms with Crippen LogP contribution < -0.4 is 10.2 Å². The van der Waals surface area contributed by atoms with Crippen LogP contribution in [0.5, 0.6) is 0 Å². The fourth-order valence-electron chi connectivity index (χ4n) is 3.10. The molecule has 3 aromatic rings. The molecule has 1 aromatic heterocycles. The van der Waals surface area contributed by atoms with Crippen molar-refractivity contribution >= 4 is 39.4 Å². The molecule has 26 heavy (non-hydrogen) atoms. The van der Waals surface area contributed by atoms with Gasteiger partial charge in [-0.2, -0.15) is 4.98 Å². The minimum atomic E-state index is 0.752. The maximum atomic E-state index is 5.94. The predicted molar refractivity (Wildman–Crippen MR) is 110 cm³/mol. The molecule has 0 atom stereocenters. The lowest BCUT2D eigenvalue weighted by atomic mass is 10.1. The van der Waals surface area contributed by atoms with Gasteiger partial charge in [0.25, 0.3) is 5.13 Å². The molecule has 0 aliphatic carbocycles. The monoisotopic (exact) mass is 385 g/mol. The SMILES string of the molecule is CN1CCN(c2ccc(-c3csc([NH2+]c4ccc(Cl)cc4)n3)cc2)CC1. The Labute approximate surface area is 163 Å². The smallest absolute Gasteiger partial charge is 0.288 e. The van der Waals surface area contributed by atoms with Gasteiger partial charge >= 0.3 is 0 Å². The lowest BCUT2D eigenvalue weighted by Gasteiger charge is -2.34. The number of hydrogen-bond donors (Lipinski definition) is 1. The molecular formula is C20H22ClN4S+. The Bertz CT molecular complexity index is 852. The summed E-state index contributed by atoms with van der Waals surface area (Å²) in [7, 11) is 2.18. The van der Waals surface area contributed by atoms with Gasteiger partial charge in [0, 0.05) is 60.0 Å². The summed E-state index contributed by atoms with van der Waals surface area (Å²) in [5, 5.41) is 5.96. The Hall–Kier alpha value is -1.92. The van der Waals surface area contributed by atoms with Gasteiger partial charge in [-0.3, -0.25) is 5.32 Å². The summed E-state index contributed by atoms with van der Waals surface area (Å²) in [5.74, 6) is 0. The van der Waals surface area contributed by atoms with Gasteiger partial charge in [0.05, 0.1) is 5.69 Å². The van der Waals surface area contributed by atoms with E-state index in [2.05, 4.69) is 51.8 Å². The van der Waals surface area contributed by atoms with Crippen molar-refractivity contribution in [3.63, 3.8) is 0 Å². The molecule has 2 heterocycles. The second-order valence-corrected chi connectivity index (χ2v) is 7.93. The summed E-state index contributed by atoms with van der Waals surface area (Å²) in [4.78, 5) is 9.58. The highest BCUT2D eigenvalue weighted by molar-refractivity contribution is 7.13. The van der Waals surface area contributed by atoms with Crippen LogP contribution in [0.15, 0.2) is 53.9 Å². The van der Waals surface area contributed by atoms with Gasteiger partial charge in [-0.25, -0.2) is 0 Å². The molecule has 0 unspecified atom stereocenters. The average Bonchev–Trinajstić information content (AvgIpc) is 3.13. The van der Waals surface area contributed by atoms with Crippen LogP contribution in [0.3, 0.4) is 0 Å². The van der Waals surface area contributed by atoms with E-state index in [4.69, 9.17) is 16.6 Å². The summed E-state index contributed by atoms with van der Waals surface area (Å²) in [5.41, 5.74) is 4.60. The topological polar surface area (TPSA) is 36.0 Å². The van der Waals surface area contributed by atoms with Crippen molar-refractivity contribution in [3.8, 4) is 11.3 Å². The Balaban J connectivity index is 1.44. The van der Waals surface area contributed by atoms with Crippen LogP contribution in [0.4, 0.5) is 16.5 Å². The van der Waals surface area contributed by atoms with E-state index in [0.717, 1.165) is 53.3 Å². The van der Waals surface area contributed by atoms with E-state index >= 15 is 0 Å². The first-order valence-corrected chi connectivity index (χ1v) is 10.0. The van der Waals surface area contributed by atoms with Crippen LogP contribution in [0, 0.1) is 0 Å². The minimum Gasteiger partial charge on any atom is -0.369 e. The Morgan fingerprint density at radius 1 is 0.962 bits per heavy atom. The van der Waals surface area contributed by atoms with Gasteiger partial charge in [-0.05, 0) is 31.3 Å². The molecule has 0 saturated carbocycles. The number of nitrogens with two attached hydrogens (primary N) is 1. The molecule has 134 valence electrons. The summed E-state index contributed by atoms with van der Waals surface area (Å²) in [6, 6.07) is 16.6. The number of hydrogen-bond acceptors (Lipinski definition) is 4. The van der Waals surface area contributed by atoms with Crippen LogP contribution in [0.2, 0.25) is 5.02 Å². The third-order valence-electron chi connectivity index (χ3n) is 4.71. The highest BCUT2D eigenvalue weighted by Gasteiger charge is 2.15. The second kappa shape index (κ2) is 7.76. The van der Waals surface area contributed by atoms with Crippen molar-refractivity contribution in [2.24, 2.45) is 0 Å². The van der Waals surface area contributed by atoms with E-state index < -0.39 is 0 Å². The number of piperazine rings is 1. The summed E-state index contributed by atoms with van der Waals surface area (Å²) < 4.78 is 0. The van der Waals surface area contributed by atoms with Gasteiger partial charge < -0.3 is 9.80 Å². The van der Waals surface area contributed by atoms with Crippen molar-refractivity contribution in [2.75, 3.05) is 38.1 Å². The van der Waals surface area contributed by atoms with Gasteiger partial charge in [0.2, 0.25) is 0 Å². The van der Waals surface area contributed by atoms with Gasteiger partial charge in [0.15, 0.2) is 0 Å². The Morgan fingerprint density at radius 2 is 1.65 bits per heavy atom. The predicted octanol–water partition coefficient (Wildman–Crippen LogP) is 3.74. The van der Waals surface area contributed by atoms with E-state index in [1.54, 1.807) is 11.3 Å². The second-order valence-electron chi connectivity index (χ2n) is 6.60. The zero-order chi connectivity index (χ0) is 17.9. The first-order valence-electron chi connectivity index (χ1n) is 8.77. The summed E-state index contributed by atoms with van der Waals surface area (Å²) in [6.07, 6.45) is 0. The number of nitrogens with zero attached hydrogens (tertiary/aromatic N) is 3. The van der Waals surface area contributed by atoms with E-state index in [0.29, 0.717) is 0 Å². The van der Waals surface area contributed by atoms with Crippen molar-refractivity contribution in [1.82, 2.24) is 9.88 Å². The highest BCUT2D eigenvalue weighted by atomic mass is 35.5. The molecule has 1 aliphatic heterocycles. The van der Waals surface area contributed by atoms with Crippen LogP contribution >= 0.6 is 22.9 Å². The quantitative estimate of drug-likeness (QED) is 0.695. The molecule has 1 fully saturated rings. The number of aromatic nitrogens is 1. The molecule has 4 nitrogen and oxygen atoms in total. The molecule has 6 heteroatoms. The number of anilines is 1. The largest absolute Gasteiger partial charge is 0.369 e. The number of quaternary nitrogens is 1. The lowest BCUT2D eigenvalue weighted by molar-refractivity contribution is -0.478. The summed E-state index contributed by atoms with van der Waals surface area (Å²) >= 11 is 7.60. The van der Waals surface area contributed by atoms with Gasteiger partial charge in [-0.15, -0.1) is 0 Å². The van der Waals surface area contributed by atoms with Gasteiger partial charge in [-0.1, -0.05) is 35.1 Å². The molecule has 2 aromatic carbocycles. The fraction of sp³-hybridized carbons (Fsp3) is 0.250. The zero-order valence-corrected chi connectivity index (χ0v) is 16.3. The first kappa shape index (κ1) is 17.5. The Kier molecular flexibility index (Phi) is 5.22. The van der Waals surface area contributed by atoms with E-state index in [9.17, 15) is 0 Å². The number of benzene rings is 2. The highest BCUT2D eigenvalue weighted by Crippen LogP contribution is 2.26. The standard InChI is InChI=1S/C20H21ClN4S/c1-24-10-12-25(13-11-24)18-8-2-15(3-9-18)19-14-26-20(23-19)22-17-6-4-16(21)5-7-17/h2-9,14H,10-13H2,1H3,(H,22,23)/p+1. The minimum absolute atomic E-state index is 0.752. The van der Waals surface area contributed by atoms with Gasteiger partial charge in [0.1, 0.15) is 5.69 Å². The average molecular weight is 386 g/mol. The molecule has 1 saturated heterocycles. The third-order valence-corrected chi connectivity index (χ3v) is 5.76. The first-order chi connectivity index (χ1) is 12.7. The molecule has 0 bridgehead atoms. The number of thiazole rings is 1. The number of halogens is 1.